The van der Waals surface area contributed by atoms with Gasteiger partial charge in [0.05, 0.1) is 12.2 Å². The monoisotopic (exact) mass is 460 g/mol. The lowest BCUT2D eigenvalue weighted by atomic mass is 9.95. The van der Waals surface area contributed by atoms with Crippen LogP contribution in [0, 0.1) is 11.8 Å². The van der Waals surface area contributed by atoms with Gasteiger partial charge in [0.25, 0.3) is 0 Å². The number of aliphatic hydroxyl groups is 2. The maximum absolute atomic E-state index is 11.4. The van der Waals surface area contributed by atoms with Gasteiger partial charge in [-0.15, -0.1) is 0 Å². The number of fused-ring (bicyclic) bond motifs is 2. The molecule has 4 aliphatic rings. The molecule has 0 bridgehead atoms. The van der Waals surface area contributed by atoms with Gasteiger partial charge < -0.3 is 10.2 Å². The molecule has 34 heavy (non-hydrogen) atoms. The van der Waals surface area contributed by atoms with E-state index in [9.17, 15) is 10.2 Å². The Kier molecular flexibility index (Phi) is 6.51. The van der Waals surface area contributed by atoms with Crippen LogP contribution in [0.15, 0.2) is 60.7 Å². The highest BCUT2D eigenvalue weighted by atomic mass is 16.3. The fourth-order valence-corrected chi connectivity index (χ4v) is 8.10. The Morgan fingerprint density at radius 2 is 1.03 bits per heavy atom. The second-order valence-corrected chi connectivity index (χ2v) is 11.3. The van der Waals surface area contributed by atoms with E-state index in [-0.39, 0.29) is 12.1 Å². The van der Waals surface area contributed by atoms with Crippen LogP contribution in [0.4, 0.5) is 0 Å². The molecule has 0 radical (unpaired) electrons. The van der Waals surface area contributed by atoms with Gasteiger partial charge in [0.2, 0.25) is 0 Å². The Morgan fingerprint density at radius 3 is 1.44 bits per heavy atom. The second kappa shape index (κ2) is 9.73. The quantitative estimate of drug-likeness (QED) is 0.614. The molecule has 2 heterocycles. The highest BCUT2D eigenvalue weighted by molar-refractivity contribution is 5.21. The molecule has 6 rings (SSSR count). The lowest BCUT2D eigenvalue weighted by Crippen LogP contribution is -2.48. The van der Waals surface area contributed by atoms with Crippen LogP contribution in [0.3, 0.4) is 0 Å². The topological polar surface area (TPSA) is 46.9 Å². The van der Waals surface area contributed by atoms with E-state index < -0.39 is 12.2 Å². The molecule has 4 fully saturated rings. The molecule has 2 N–H and O–H groups in total. The van der Waals surface area contributed by atoms with Gasteiger partial charge in [0.15, 0.2) is 0 Å². The molecule has 4 nitrogen and oxygen atoms in total. The van der Waals surface area contributed by atoms with E-state index >= 15 is 0 Å². The molecule has 2 aromatic carbocycles. The van der Waals surface area contributed by atoms with Crippen molar-refractivity contribution in [2.75, 3.05) is 13.1 Å². The van der Waals surface area contributed by atoms with Crippen molar-refractivity contribution < 1.29 is 10.2 Å². The van der Waals surface area contributed by atoms with E-state index in [0.29, 0.717) is 12.1 Å². The summed E-state index contributed by atoms with van der Waals surface area (Å²) in [4.78, 5) is 5.34. The van der Waals surface area contributed by atoms with E-state index in [1.165, 1.54) is 38.5 Å². The number of likely N-dealkylation sites (tertiary alicyclic amines) is 2. The first-order valence-electron chi connectivity index (χ1n) is 13.7. The summed E-state index contributed by atoms with van der Waals surface area (Å²) in [5, 5.41) is 22.8. The highest BCUT2D eigenvalue weighted by Crippen LogP contribution is 2.47. The van der Waals surface area contributed by atoms with Crippen LogP contribution in [0.2, 0.25) is 0 Å². The van der Waals surface area contributed by atoms with Crippen molar-refractivity contribution in [1.82, 2.24) is 9.80 Å². The minimum absolute atomic E-state index is 0.206. The van der Waals surface area contributed by atoms with Crippen molar-refractivity contribution in [3.05, 3.63) is 71.8 Å². The van der Waals surface area contributed by atoms with Crippen LogP contribution < -0.4 is 0 Å². The lowest BCUT2D eigenvalue weighted by molar-refractivity contribution is 0.0238. The molecule has 2 aliphatic heterocycles. The highest BCUT2D eigenvalue weighted by Gasteiger charge is 2.49. The van der Waals surface area contributed by atoms with Crippen molar-refractivity contribution in [2.24, 2.45) is 11.8 Å². The van der Waals surface area contributed by atoms with Crippen molar-refractivity contribution in [3.8, 4) is 0 Å². The minimum Gasteiger partial charge on any atom is -0.387 e. The molecular formula is C30H40N2O2. The van der Waals surface area contributed by atoms with Crippen molar-refractivity contribution >= 4 is 0 Å². The number of hydrogen-bond acceptors (Lipinski definition) is 4. The predicted molar refractivity (Wildman–Crippen MR) is 135 cm³/mol. The van der Waals surface area contributed by atoms with E-state index in [2.05, 4.69) is 34.1 Å². The van der Waals surface area contributed by atoms with Crippen molar-refractivity contribution in [2.45, 2.75) is 87.7 Å². The third-order valence-electron chi connectivity index (χ3n) is 9.66. The first-order valence-corrected chi connectivity index (χ1v) is 13.7. The summed E-state index contributed by atoms with van der Waals surface area (Å²) in [6.45, 7) is 1.99. The minimum atomic E-state index is -0.421. The SMILES string of the molecule is O[C@H](c1ccccc1)[C@H]1C[C@H]2CCC[C@H]2N1CCN1[C@@H]2CCC[C@@H]2C[C@@H]1[C@H](O)c1ccccc1. The lowest BCUT2D eigenvalue weighted by Gasteiger charge is -2.37. The summed E-state index contributed by atoms with van der Waals surface area (Å²) in [5.74, 6) is 1.46. The number of aliphatic hydroxyl groups excluding tert-OH is 2. The largest absolute Gasteiger partial charge is 0.387 e. The second-order valence-electron chi connectivity index (χ2n) is 11.3. The number of hydrogen-bond donors (Lipinski definition) is 2. The van der Waals surface area contributed by atoms with Gasteiger partial charge in [0, 0.05) is 37.3 Å². The Labute approximate surface area is 204 Å². The van der Waals surface area contributed by atoms with E-state index in [1.54, 1.807) is 0 Å². The Morgan fingerprint density at radius 1 is 0.618 bits per heavy atom. The van der Waals surface area contributed by atoms with Gasteiger partial charge >= 0.3 is 0 Å². The summed E-state index contributed by atoms with van der Waals surface area (Å²) in [5.41, 5.74) is 2.10. The van der Waals surface area contributed by atoms with E-state index in [4.69, 9.17) is 0 Å². The summed E-state index contributed by atoms with van der Waals surface area (Å²) in [6, 6.07) is 22.2. The van der Waals surface area contributed by atoms with E-state index in [0.717, 1.165) is 48.9 Å². The Balaban J connectivity index is 1.21. The molecule has 0 spiro atoms. The molecule has 182 valence electrons. The Bertz CT molecular complexity index is 860. The molecule has 0 aromatic heterocycles. The first kappa shape index (κ1) is 22.7. The van der Waals surface area contributed by atoms with Crippen LogP contribution in [0.1, 0.15) is 74.7 Å². The van der Waals surface area contributed by atoms with Crippen LogP contribution >= 0.6 is 0 Å². The van der Waals surface area contributed by atoms with Gasteiger partial charge in [-0.2, -0.15) is 0 Å². The smallest absolute Gasteiger partial charge is 0.0945 e. The summed E-state index contributed by atoms with van der Waals surface area (Å²) in [6.07, 6.45) is 9.19. The molecule has 2 saturated carbocycles. The average Bonchev–Trinajstić information content (AvgIpc) is 3.65. The third kappa shape index (κ3) is 4.13. The fraction of sp³-hybridized carbons (Fsp3) is 0.600. The molecule has 2 aliphatic carbocycles. The Hall–Kier alpha value is -1.72. The number of nitrogens with zero attached hydrogens (tertiary/aromatic N) is 2. The molecular weight excluding hydrogens is 420 g/mol. The van der Waals surface area contributed by atoms with Crippen LogP contribution in [-0.4, -0.2) is 57.3 Å². The van der Waals surface area contributed by atoms with Gasteiger partial charge in [-0.3, -0.25) is 9.80 Å². The van der Waals surface area contributed by atoms with Gasteiger partial charge in [-0.05, 0) is 61.5 Å². The van der Waals surface area contributed by atoms with E-state index in [1.807, 2.05) is 36.4 Å². The van der Waals surface area contributed by atoms with Gasteiger partial charge in [0.1, 0.15) is 0 Å². The maximum Gasteiger partial charge on any atom is 0.0945 e. The predicted octanol–water partition coefficient (Wildman–Crippen LogP) is 4.94. The van der Waals surface area contributed by atoms with Crippen LogP contribution in [-0.2, 0) is 0 Å². The molecule has 2 aromatic rings. The molecule has 2 saturated heterocycles. The third-order valence-corrected chi connectivity index (χ3v) is 9.66. The molecule has 8 atom stereocenters. The van der Waals surface area contributed by atoms with Crippen LogP contribution in [0.5, 0.6) is 0 Å². The summed E-state index contributed by atoms with van der Waals surface area (Å²) < 4.78 is 0. The molecule has 4 heteroatoms. The van der Waals surface area contributed by atoms with Crippen molar-refractivity contribution in [3.63, 3.8) is 0 Å². The molecule has 0 unspecified atom stereocenters. The molecule has 0 amide bonds. The fourth-order valence-electron chi connectivity index (χ4n) is 8.10. The van der Waals surface area contributed by atoms with Crippen LogP contribution in [0.25, 0.3) is 0 Å². The zero-order chi connectivity index (χ0) is 23.1. The average molecular weight is 461 g/mol. The summed E-state index contributed by atoms with van der Waals surface area (Å²) >= 11 is 0. The van der Waals surface area contributed by atoms with Gasteiger partial charge in [-0.1, -0.05) is 73.5 Å². The standard InChI is InChI=1S/C30H40N2O2/c33-29(21-9-3-1-4-10-21)27-19-23-13-7-15-25(23)31(27)17-18-32-26-16-8-14-24(26)20-28(32)30(34)22-11-5-2-6-12-22/h1-6,9-12,23-30,33-34H,7-8,13-20H2/t23-,24-,25-,26-,27-,28-,29-,30-/m1/s1. The zero-order valence-corrected chi connectivity index (χ0v) is 20.3. The van der Waals surface area contributed by atoms with Gasteiger partial charge in [-0.25, -0.2) is 0 Å². The number of rotatable bonds is 7. The van der Waals surface area contributed by atoms with Crippen molar-refractivity contribution in [1.29, 1.82) is 0 Å². The normalized spacial score (nSPS) is 35.4. The number of benzene rings is 2. The first-order chi connectivity index (χ1) is 16.7. The zero-order valence-electron chi connectivity index (χ0n) is 20.3. The maximum atomic E-state index is 11.4. The summed E-state index contributed by atoms with van der Waals surface area (Å²) in [7, 11) is 0.